The van der Waals surface area contributed by atoms with Gasteiger partial charge in [0, 0.05) is 38.0 Å². The maximum absolute atomic E-state index is 11.9. The molecule has 1 fully saturated rings. The van der Waals surface area contributed by atoms with E-state index in [0.717, 1.165) is 60.9 Å². The Balaban J connectivity index is 1.58. The van der Waals surface area contributed by atoms with Gasteiger partial charge in [0.15, 0.2) is 11.7 Å². The number of guanidine groups is 1. The number of carbonyl (C=O) groups excluding carboxylic acids is 1. The van der Waals surface area contributed by atoms with Gasteiger partial charge >= 0.3 is 0 Å². The molecule has 0 unspecified atom stereocenters. The third-order valence-corrected chi connectivity index (χ3v) is 5.71. The number of aromatic nitrogens is 1. The Morgan fingerprint density at radius 2 is 2.00 bits per heavy atom. The molecule has 0 radical (unpaired) electrons. The van der Waals surface area contributed by atoms with E-state index in [-0.39, 0.29) is 5.91 Å². The topological polar surface area (TPSA) is 82.8 Å². The van der Waals surface area contributed by atoms with Crippen LogP contribution in [0.3, 0.4) is 0 Å². The summed E-state index contributed by atoms with van der Waals surface area (Å²) >= 11 is 0. The Kier molecular flexibility index (Phi) is 8.50. The van der Waals surface area contributed by atoms with E-state index in [4.69, 9.17) is 9.52 Å². The lowest BCUT2D eigenvalue weighted by molar-refractivity contribution is -0.128. The number of hydrogen-bond acceptors (Lipinski definition) is 4. The Hall–Kier alpha value is -2.83. The van der Waals surface area contributed by atoms with Crippen LogP contribution in [0.1, 0.15) is 75.0 Å². The highest BCUT2D eigenvalue weighted by Gasteiger charge is 2.20. The summed E-state index contributed by atoms with van der Waals surface area (Å²) in [5.74, 6) is 2.25. The highest BCUT2D eigenvalue weighted by molar-refractivity contribution is 5.79. The molecule has 2 heterocycles. The van der Waals surface area contributed by atoms with Crippen molar-refractivity contribution >= 4 is 11.9 Å². The van der Waals surface area contributed by atoms with Gasteiger partial charge in [-0.15, -0.1) is 0 Å². The Morgan fingerprint density at radius 1 is 1.19 bits per heavy atom. The molecular weight excluding hydrogens is 390 g/mol. The molecule has 1 aromatic carbocycles. The van der Waals surface area contributed by atoms with Gasteiger partial charge in [-0.2, -0.15) is 0 Å². The fourth-order valence-corrected chi connectivity index (χ4v) is 3.91. The smallest absolute Gasteiger partial charge is 0.222 e. The van der Waals surface area contributed by atoms with Crippen LogP contribution in [0.25, 0.3) is 0 Å². The number of hydrogen-bond donors (Lipinski definition) is 2. The average Bonchev–Trinajstić information content (AvgIpc) is 3.41. The maximum Gasteiger partial charge on any atom is 0.222 e. The zero-order chi connectivity index (χ0) is 22.1. The van der Waals surface area contributed by atoms with E-state index in [1.54, 1.807) is 0 Å². The second-order valence-electron chi connectivity index (χ2n) is 8.02. The van der Waals surface area contributed by atoms with E-state index in [1.165, 1.54) is 0 Å². The van der Waals surface area contributed by atoms with E-state index in [1.807, 2.05) is 24.0 Å². The molecule has 0 atom stereocenters. The van der Waals surface area contributed by atoms with Gasteiger partial charge in [-0.3, -0.25) is 4.79 Å². The molecule has 2 aromatic rings. The van der Waals surface area contributed by atoms with Gasteiger partial charge in [0.05, 0.1) is 18.8 Å². The number of aliphatic imine (C=N–C) groups is 1. The number of rotatable bonds is 10. The van der Waals surface area contributed by atoms with Crippen molar-refractivity contribution in [2.45, 2.75) is 72.0 Å². The van der Waals surface area contributed by atoms with Crippen LogP contribution in [0.2, 0.25) is 0 Å². The predicted octanol–water partition coefficient (Wildman–Crippen LogP) is 3.96. The lowest BCUT2D eigenvalue weighted by atomic mass is 9.99. The van der Waals surface area contributed by atoms with Crippen LogP contribution in [-0.2, 0) is 24.4 Å². The van der Waals surface area contributed by atoms with Crippen LogP contribution >= 0.6 is 0 Å². The third-order valence-electron chi connectivity index (χ3n) is 5.71. The molecule has 1 aliphatic heterocycles. The molecule has 3 rings (SSSR count). The standard InChI is InChI=1S/C24H35N5O2/c1-4-20(5-2)22-14-21(31-28-22)16-27-24(25-6-3)26-15-18-9-7-10-19(13-18)17-29-12-8-11-23(29)30/h7,9-10,13-14,20H,4-6,8,11-12,15-17H2,1-3H3,(H2,25,26,27). The van der Waals surface area contributed by atoms with Crippen LogP contribution in [0.5, 0.6) is 0 Å². The Labute approximate surface area is 185 Å². The first-order valence-electron chi connectivity index (χ1n) is 11.5. The van der Waals surface area contributed by atoms with E-state index in [9.17, 15) is 4.79 Å². The van der Waals surface area contributed by atoms with E-state index < -0.39 is 0 Å². The van der Waals surface area contributed by atoms with Gasteiger partial charge in [-0.25, -0.2) is 4.99 Å². The fourth-order valence-electron chi connectivity index (χ4n) is 3.91. The molecule has 0 aliphatic carbocycles. The molecule has 0 spiro atoms. The summed E-state index contributed by atoms with van der Waals surface area (Å²) in [6.07, 6.45) is 3.76. The van der Waals surface area contributed by atoms with Gasteiger partial charge in [0.25, 0.3) is 0 Å². The molecule has 1 aliphatic rings. The van der Waals surface area contributed by atoms with Crippen molar-refractivity contribution in [1.29, 1.82) is 0 Å². The molecule has 7 nitrogen and oxygen atoms in total. The molecule has 7 heteroatoms. The lowest BCUT2D eigenvalue weighted by Gasteiger charge is -2.16. The summed E-state index contributed by atoms with van der Waals surface area (Å²) in [7, 11) is 0. The first-order chi connectivity index (χ1) is 15.1. The van der Waals surface area contributed by atoms with Crippen molar-refractivity contribution in [3.8, 4) is 0 Å². The quantitative estimate of drug-likeness (QED) is 0.445. The summed E-state index contributed by atoms with van der Waals surface area (Å²) in [4.78, 5) is 18.5. The van der Waals surface area contributed by atoms with Crippen molar-refractivity contribution in [2.24, 2.45) is 4.99 Å². The monoisotopic (exact) mass is 425 g/mol. The number of carbonyl (C=O) groups is 1. The van der Waals surface area contributed by atoms with Crippen LogP contribution in [0.15, 0.2) is 39.8 Å². The summed E-state index contributed by atoms with van der Waals surface area (Å²) < 4.78 is 5.50. The SMILES string of the molecule is CCNC(=NCc1cccc(CN2CCCC2=O)c1)NCc1cc(C(CC)CC)no1. The van der Waals surface area contributed by atoms with Gasteiger partial charge in [0.2, 0.25) is 5.91 Å². The highest BCUT2D eigenvalue weighted by Crippen LogP contribution is 2.22. The van der Waals surface area contributed by atoms with Crippen molar-refractivity contribution < 1.29 is 9.32 Å². The fraction of sp³-hybridized carbons (Fsp3) is 0.542. The van der Waals surface area contributed by atoms with Crippen LogP contribution in [0, 0.1) is 0 Å². The molecule has 0 saturated carbocycles. The molecule has 1 aromatic heterocycles. The number of benzene rings is 1. The number of nitrogens with one attached hydrogen (secondary N) is 2. The first kappa shape index (κ1) is 22.8. The van der Waals surface area contributed by atoms with Crippen LogP contribution in [0.4, 0.5) is 0 Å². The van der Waals surface area contributed by atoms with Crippen LogP contribution in [-0.4, -0.2) is 35.0 Å². The first-order valence-corrected chi connectivity index (χ1v) is 11.5. The molecule has 0 bridgehead atoms. The summed E-state index contributed by atoms with van der Waals surface area (Å²) in [6.45, 7) is 9.81. The van der Waals surface area contributed by atoms with Crippen molar-refractivity contribution in [1.82, 2.24) is 20.7 Å². The zero-order valence-electron chi connectivity index (χ0n) is 19.0. The average molecular weight is 426 g/mol. The van der Waals surface area contributed by atoms with Gasteiger partial charge < -0.3 is 20.1 Å². The molecule has 31 heavy (non-hydrogen) atoms. The lowest BCUT2D eigenvalue weighted by Crippen LogP contribution is -2.36. The van der Waals surface area contributed by atoms with E-state index in [2.05, 4.69) is 47.8 Å². The molecule has 1 amide bonds. The second kappa shape index (κ2) is 11.5. The minimum Gasteiger partial charge on any atom is -0.359 e. The Morgan fingerprint density at radius 3 is 2.71 bits per heavy atom. The van der Waals surface area contributed by atoms with Crippen molar-refractivity contribution in [3.05, 3.63) is 52.9 Å². The second-order valence-corrected chi connectivity index (χ2v) is 8.02. The van der Waals surface area contributed by atoms with Crippen molar-refractivity contribution in [2.75, 3.05) is 13.1 Å². The van der Waals surface area contributed by atoms with Gasteiger partial charge in [0.1, 0.15) is 0 Å². The highest BCUT2D eigenvalue weighted by atomic mass is 16.5. The molecule has 168 valence electrons. The summed E-state index contributed by atoms with van der Waals surface area (Å²) in [5, 5.41) is 10.8. The molecule has 1 saturated heterocycles. The van der Waals surface area contributed by atoms with Crippen molar-refractivity contribution in [3.63, 3.8) is 0 Å². The zero-order valence-corrected chi connectivity index (χ0v) is 19.0. The predicted molar refractivity (Wildman–Crippen MR) is 123 cm³/mol. The third kappa shape index (κ3) is 6.57. The summed E-state index contributed by atoms with van der Waals surface area (Å²) in [6, 6.07) is 10.4. The van der Waals surface area contributed by atoms with Crippen LogP contribution < -0.4 is 10.6 Å². The minimum absolute atomic E-state index is 0.252. The van der Waals surface area contributed by atoms with Gasteiger partial charge in [-0.1, -0.05) is 43.3 Å². The number of nitrogens with zero attached hydrogens (tertiary/aromatic N) is 3. The maximum atomic E-state index is 11.9. The summed E-state index contributed by atoms with van der Waals surface area (Å²) in [5.41, 5.74) is 3.30. The number of likely N-dealkylation sites (tertiary alicyclic amines) is 1. The number of amides is 1. The van der Waals surface area contributed by atoms with E-state index >= 15 is 0 Å². The van der Waals surface area contributed by atoms with Gasteiger partial charge in [-0.05, 0) is 37.3 Å². The normalized spacial score (nSPS) is 14.5. The Bertz CT molecular complexity index is 872. The molecular formula is C24H35N5O2. The minimum atomic E-state index is 0.252. The largest absolute Gasteiger partial charge is 0.359 e. The molecule has 2 N–H and O–H groups in total. The van der Waals surface area contributed by atoms with E-state index in [0.29, 0.717) is 32.0 Å².